The molecular formula is C15H15BrN2O. The van der Waals surface area contributed by atoms with Crippen LogP contribution in [0.2, 0.25) is 0 Å². The molecule has 2 aromatic rings. The molecule has 3 nitrogen and oxygen atoms in total. The lowest BCUT2D eigenvalue weighted by Gasteiger charge is -2.24. The SMILES string of the molecule is O=C(c1cc(Br)c[nH]1)N1CCC[C@H]1c1ccccc1. The number of amides is 1. The highest BCUT2D eigenvalue weighted by molar-refractivity contribution is 9.10. The molecule has 1 amide bonds. The Bertz CT molecular complexity index is 579. The Morgan fingerprint density at radius 2 is 2.11 bits per heavy atom. The summed E-state index contributed by atoms with van der Waals surface area (Å²) in [7, 11) is 0. The maximum absolute atomic E-state index is 12.5. The van der Waals surface area contributed by atoms with Crippen molar-refractivity contribution >= 4 is 21.8 Å². The predicted octanol–water partition coefficient (Wildman–Crippen LogP) is 3.75. The zero-order chi connectivity index (χ0) is 13.2. The molecule has 1 N–H and O–H groups in total. The number of carbonyl (C=O) groups excluding carboxylic acids is 1. The minimum atomic E-state index is 0.0806. The minimum absolute atomic E-state index is 0.0806. The average molecular weight is 319 g/mol. The van der Waals surface area contributed by atoms with E-state index in [0.717, 1.165) is 23.9 Å². The van der Waals surface area contributed by atoms with Crippen LogP contribution in [0.1, 0.15) is 34.9 Å². The molecule has 1 aromatic carbocycles. The van der Waals surface area contributed by atoms with Crippen molar-refractivity contribution in [1.82, 2.24) is 9.88 Å². The van der Waals surface area contributed by atoms with Gasteiger partial charge in [0.25, 0.3) is 5.91 Å². The monoisotopic (exact) mass is 318 g/mol. The van der Waals surface area contributed by atoms with Crippen molar-refractivity contribution in [2.75, 3.05) is 6.54 Å². The lowest BCUT2D eigenvalue weighted by atomic mass is 10.0. The predicted molar refractivity (Wildman–Crippen MR) is 77.9 cm³/mol. The molecule has 1 saturated heterocycles. The summed E-state index contributed by atoms with van der Waals surface area (Å²) in [4.78, 5) is 17.5. The summed E-state index contributed by atoms with van der Waals surface area (Å²) in [6, 6.07) is 12.3. The maximum Gasteiger partial charge on any atom is 0.270 e. The van der Waals surface area contributed by atoms with Gasteiger partial charge in [-0.2, -0.15) is 0 Å². The molecular weight excluding hydrogens is 304 g/mol. The van der Waals surface area contributed by atoms with Crippen molar-refractivity contribution in [3.8, 4) is 0 Å². The molecule has 0 aliphatic carbocycles. The number of likely N-dealkylation sites (tertiary alicyclic amines) is 1. The highest BCUT2D eigenvalue weighted by atomic mass is 79.9. The summed E-state index contributed by atoms with van der Waals surface area (Å²) >= 11 is 3.37. The number of aromatic amines is 1. The number of hydrogen-bond acceptors (Lipinski definition) is 1. The average Bonchev–Trinajstić information content (AvgIpc) is 3.07. The molecule has 1 aliphatic rings. The van der Waals surface area contributed by atoms with Crippen molar-refractivity contribution < 1.29 is 4.79 Å². The van der Waals surface area contributed by atoms with Crippen LogP contribution in [0, 0.1) is 0 Å². The summed E-state index contributed by atoms with van der Waals surface area (Å²) in [5.74, 6) is 0.0806. The Balaban J connectivity index is 1.86. The Morgan fingerprint density at radius 3 is 2.79 bits per heavy atom. The van der Waals surface area contributed by atoms with E-state index >= 15 is 0 Å². The summed E-state index contributed by atoms with van der Waals surface area (Å²) in [6.07, 6.45) is 3.89. The van der Waals surface area contributed by atoms with Gasteiger partial charge in [0.15, 0.2) is 0 Å². The molecule has 0 radical (unpaired) electrons. The first-order valence-corrected chi connectivity index (χ1v) is 7.25. The van der Waals surface area contributed by atoms with E-state index in [1.165, 1.54) is 5.56 Å². The largest absolute Gasteiger partial charge is 0.356 e. The van der Waals surface area contributed by atoms with E-state index in [1.54, 1.807) is 6.20 Å². The summed E-state index contributed by atoms with van der Waals surface area (Å²) in [6.45, 7) is 0.828. The zero-order valence-electron chi connectivity index (χ0n) is 10.5. The summed E-state index contributed by atoms with van der Waals surface area (Å²) in [5.41, 5.74) is 1.87. The standard InChI is InChI=1S/C15H15BrN2O/c16-12-9-13(17-10-12)15(19)18-8-4-7-14(18)11-5-2-1-3-6-11/h1-3,5-6,9-10,14,17H,4,7-8H2/t14-/m0/s1. The molecule has 0 unspecified atom stereocenters. The molecule has 3 rings (SSSR count). The van der Waals surface area contributed by atoms with Crippen LogP contribution < -0.4 is 0 Å². The maximum atomic E-state index is 12.5. The first-order valence-electron chi connectivity index (χ1n) is 6.45. The van der Waals surface area contributed by atoms with Crippen molar-refractivity contribution in [2.24, 2.45) is 0 Å². The molecule has 1 atom stereocenters. The Kier molecular flexibility index (Phi) is 3.42. The Morgan fingerprint density at radius 1 is 1.32 bits per heavy atom. The van der Waals surface area contributed by atoms with E-state index in [1.807, 2.05) is 29.2 Å². The van der Waals surface area contributed by atoms with Gasteiger partial charge < -0.3 is 9.88 Å². The number of rotatable bonds is 2. The van der Waals surface area contributed by atoms with Gasteiger partial charge in [0.1, 0.15) is 5.69 Å². The van der Waals surface area contributed by atoms with E-state index in [2.05, 4.69) is 33.0 Å². The highest BCUT2D eigenvalue weighted by Gasteiger charge is 2.30. The van der Waals surface area contributed by atoms with Crippen LogP contribution in [0.4, 0.5) is 0 Å². The third kappa shape index (κ3) is 2.45. The van der Waals surface area contributed by atoms with Crippen LogP contribution in [-0.2, 0) is 0 Å². The van der Waals surface area contributed by atoms with Crippen molar-refractivity contribution in [3.63, 3.8) is 0 Å². The quantitative estimate of drug-likeness (QED) is 0.899. The second-order valence-corrected chi connectivity index (χ2v) is 5.71. The number of hydrogen-bond donors (Lipinski definition) is 1. The Hall–Kier alpha value is -1.55. The van der Waals surface area contributed by atoms with E-state index < -0.39 is 0 Å². The van der Waals surface area contributed by atoms with Crippen molar-refractivity contribution in [3.05, 3.63) is 58.3 Å². The molecule has 0 bridgehead atoms. The first-order chi connectivity index (χ1) is 9.25. The van der Waals surface area contributed by atoms with E-state index in [9.17, 15) is 4.79 Å². The van der Waals surface area contributed by atoms with Gasteiger partial charge in [-0.25, -0.2) is 0 Å². The normalized spacial score (nSPS) is 18.8. The smallest absolute Gasteiger partial charge is 0.270 e. The third-order valence-corrected chi connectivity index (χ3v) is 4.03. The fraction of sp³-hybridized carbons (Fsp3) is 0.267. The van der Waals surface area contributed by atoms with Gasteiger partial charge in [0, 0.05) is 17.2 Å². The lowest BCUT2D eigenvalue weighted by molar-refractivity contribution is 0.0730. The second-order valence-electron chi connectivity index (χ2n) is 4.80. The van der Waals surface area contributed by atoms with Gasteiger partial charge in [0.2, 0.25) is 0 Å². The van der Waals surface area contributed by atoms with E-state index in [4.69, 9.17) is 0 Å². The molecule has 1 fully saturated rings. The van der Waals surface area contributed by atoms with Gasteiger partial charge >= 0.3 is 0 Å². The number of halogens is 1. The van der Waals surface area contributed by atoms with Gasteiger partial charge in [-0.15, -0.1) is 0 Å². The number of benzene rings is 1. The summed E-state index contributed by atoms with van der Waals surface area (Å²) in [5, 5.41) is 0. The summed E-state index contributed by atoms with van der Waals surface area (Å²) < 4.78 is 0.909. The first kappa shape index (κ1) is 12.5. The van der Waals surface area contributed by atoms with Crippen LogP contribution >= 0.6 is 15.9 Å². The van der Waals surface area contributed by atoms with Crippen LogP contribution in [0.5, 0.6) is 0 Å². The number of aromatic nitrogens is 1. The molecule has 4 heteroatoms. The van der Waals surface area contributed by atoms with Crippen molar-refractivity contribution in [2.45, 2.75) is 18.9 Å². The van der Waals surface area contributed by atoms with E-state index in [0.29, 0.717) is 5.69 Å². The van der Waals surface area contributed by atoms with Gasteiger partial charge in [0.05, 0.1) is 6.04 Å². The molecule has 1 aromatic heterocycles. The van der Waals surface area contributed by atoms with Crippen LogP contribution in [0.3, 0.4) is 0 Å². The molecule has 98 valence electrons. The zero-order valence-corrected chi connectivity index (χ0v) is 12.1. The number of nitrogens with zero attached hydrogens (tertiary/aromatic N) is 1. The van der Waals surface area contributed by atoms with Crippen LogP contribution in [-0.4, -0.2) is 22.3 Å². The number of nitrogens with one attached hydrogen (secondary N) is 1. The lowest BCUT2D eigenvalue weighted by Crippen LogP contribution is -2.30. The number of H-pyrrole nitrogens is 1. The van der Waals surface area contributed by atoms with E-state index in [-0.39, 0.29) is 11.9 Å². The van der Waals surface area contributed by atoms with Gasteiger partial charge in [-0.3, -0.25) is 4.79 Å². The van der Waals surface area contributed by atoms with Crippen LogP contribution in [0.25, 0.3) is 0 Å². The molecule has 1 aliphatic heterocycles. The minimum Gasteiger partial charge on any atom is -0.356 e. The fourth-order valence-corrected chi connectivity index (χ4v) is 3.02. The van der Waals surface area contributed by atoms with Crippen molar-refractivity contribution in [1.29, 1.82) is 0 Å². The molecule has 19 heavy (non-hydrogen) atoms. The van der Waals surface area contributed by atoms with Crippen LogP contribution in [0.15, 0.2) is 47.1 Å². The topological polar surface area (TPSA) is 36.1 Å². The molecule has 0 spiro atoms. The second kappa shape index (κ2) is 5.21. The third-order valence-electron chi connectivity index (χ3n) is 3.58. The fourth-order valence-electron chi connectivity index (χ4n) is 2.68. The van der Waals surface area contributed by atoms with Gasteiger partial charge in [-0.1, -0.05) is 30.3 Å². The molecule has 2 heterocycles. The molecule has 0 saturated carbocycles. The van der Waals surface area contributed by atoms with Gasteiger partial charge in [-0.05, 0) is 40.4 Å². The highest BCUT2D eigenvalue weighted by Crippen LogP contribution is 2.33. The number of carbonyl (C=O) groups is 1. The Labute approximate surface area is 120 Å².